The van der Waals surface area contributed by atoms with Crippen molar-refractivity contribution in [3.05, 3.63) is 12.1 Å². The molecule has 0 bridgehead atoms. The summed E-state index contributed by atoms with van der Waals surface area (Å²) in [5.74, 6) is 0.920. The Labute approximate surface area is 86.1 Å². The molecule has 0 amide bonds. The number of aromatic nitrogens is 5. The largest absolute Gasteiger partial charge is 0.338 e. The van der Waals surface area contributed by atoms with Gasteiger partial charge in [0, 0.05) is 6.54 Å². The molecular formula is C8H12N6O. The molecular weight excluding hydrogens is 196 g/mol. The van der Waals surface area contributed by atoms with Gasteiger partial charge in [0.2, 0.25) is 11.7 Å². The van der Waals surface area contributed by atoms with Gasteiger partial charge in [0.1, 0.15) is 0 Å². The monoisotopic (exact) mass is 208 g/mol. The fraction of sp³-hybridized carbons (Fsp3) is 0.500. The van der Waals surface area contributed by atoms with Crippen molar-refractivity contribution in [2.75, 3.05) is 6.54 Å². The Balaban J connectivity index is 2.33. The van der Waals surface area contributed by atoms with Crippen molar-refractivity contribution in [2.24, 2.45) is 5.73 Å². The molecule has 0 radical (unpaired) electrons. The van der Waals surface area contributed by atoms with E-state index in [0.29, 0.717) is 24.0 Å². The SMILES string of the molecule is CC(C)(CN)c1nc(-c2cn[nH]n2)no1. The molecule has 0 aliphatic heterocycles. The molecule has 0 aliphatic carbocycles. The smallest absolute Gasteiger partial charge is 0.233 e. The van der Waals surface area contributed by atoms with Crippen molar-refractivity contribution in [3.63, 3.8) is 0 Å². The summed E-state index contributed by atoms with van der Waals surface area (Å²) in [6.07, 6.45) is 1.53. The first kappa shape index (κ1) is 9.78. The van der Waals surface area contributed by atoms with Crippen LogP contribution in [0.25, 0.3) is 11.5 Å². The lowest BCUT2D eigenvalue weighted by atomic mass is 9.94. The maximum Gasteiger partial charge on any atom is 0.233 e. The summed E-state index contributed by atoms with van der Waals surface area (Å²) in [5, 5.41) is 13.8. The molecule has 2 rings (SSSR count). The highest BCUT2D eigenvalue weighted by atomic mass is 16.5. The van der Waals surface area contributed by atoms with Crippen molar-refractivity contribution in [3.8, 4) is 11.5 Å². The van der Waals surface area contributed by atoms with Gasteiger partial charge in [-0.05, 0) is 13.8 Å². The maximum atomic E-state index is 5.60. The minimum absolute atomic E-state index is 0.324. The number of rotatable bonds is 3. The Kier molecular flexibility index (Phi) is 2.24. The van der Waals surface area contributed by atoms with E-state index in [4.69, 9.17) is 10.3 Å². The second-order valence-electron chi connectivity index (χ2n) is 3.87. The first-order valence-electron chi connectivity index (χ1n) is 4.54. The molecule has 15 heavy (non-hydrogen) atoms. The third kappa shape index (κ3) is 1.73. The number of aromatic amines is 1. The second-order valence-corrected chi connectivity index (χ2v) is 3.87. The third-order valence-corrected chi connectivity index (χ3v) is 2.16. The van der Waals surface area contributed by atoms with E-state index in [-0.39, 0.29) is 5.41 Å². The minimum Gasteiger partial charge on any atom is -0.338 e. The Morgan fingerprint density at radius 1 is 1.53 bits per heavy atom. The van der Waals surface area contributed by atoms with Gasteiger partial charge in [0.05, 0.1) is 11.6 Å². The highest BCUT2D eigenvalue weighted by Crippen LogP contribution is 2.21. The second kappa shape index (κ2) is 3.43. The predicted molar refractivity (Wildman–Crippen MR) is 51.8 cm³/mol. The average molecular weight is 208 g/mol. The Morgan fingerprint density at radius 2 is 2.33 bits per heavy atom. The van der Waals surface area contributed by atoms with Gasteiger partial charge in [-0.1, -0.05) is 5.16 Å². The van der Waals surface area contributed by atoms with Crippen LogP contribution in [0.4, 0.5) is 0 Å². The number of H-pyrrole nitrogens is 1. The highest BCUT2D eigenvalue weighted by molar-refractivity contribution is 5.45. The van der Waals surface area contributed by atoms with Crippen LogP contribution in [-0.2, 0) is 5.41 Å². The van der Waals surface area contributed by atoms with Gasteiger partial charge in [-0.15, -0.1) is 0 Å². The molecule has 2 aromatic heterocycles. The van der Waals surface area contributed by atoms with Crippen molar-refractivity contribution in [1.29, 1.82) is 0 Å². The number of hydrogen-bond donors (Lipinski definition) is 2. The average Bonchev–Trinajstić information content (AvgIpc) is 2.88. The fourth-order valence-corrected chi connectivity index (χ4v) is 0.999. The molecule has 80 valence electrons. The Morgan fingerprint density at radius 3 is 2.93 bits per heavy atom. The van der Waals surface area contributed by atoms with Gasteiger partial charge >= 0.3 is 0 Å². The van der Waals surface area contributed by atoms with Gasteiger partial charge in [-0.3, -0.25) is 0 Å². The van der Waals surface area contributed by atoms with Gasteiger partial charge in [0.15, 0.2) is 5.69 Å². The van der Waals surface area contributed by atoms with E-state index < -0.39 is 0 Å². The topological polar surface area (TPSA) is 107 Å². The molecule has 3 N–H and O–H groups in total. The normalized spacial score (nSPS) is 11.9. The molecule has 0 fully saturated rings. The standard InChI is InChI=1S/C8H12N6O/c1-8(2,4-9)7-11-6(13-15-7)5-3-10-14-12-5/h3H,4,9H2,1-2H3,(H,10,12,14). The van der Waals surface area contributed by atoms with Crippen LogP contribution in [0, 0.1) is 0 Å². The van der Waals surface area contributed by atoms with Crippen molar-refractivity contribution >= 4 is 0 Å². The van der Waals surface area contributed by atoms with Gasteiger partial charge < -0.3 is 10.3 Å². The third-order valence-electron chi connectivity index (χ3n) is 2.16. The van der Waals surface area contributed by atoms with Crippen LogP contribution in [0.3, 0.4) is 0 Å². The quantitative estimate of drug-likeness (QED) is 0.740. The molecule has 0 saturated heterocycles. The van der Waals surface area contributed by atoms with Gasteiger partial charge in [-0.2, -0.15) is 20.4 Å². The lowest BCUT2D eigenvalue weighted by Crippen LogP contribution is -2.28. The zero-order valence-corrected chi connectivity index (χ0v) is 8.56. The van der Waals surface area contributed by atoms with Crippen LogP contribution < -0.4 is 5.73 Å². The summed E-state index contributed by atoms with van der Waals surface area (Å²) < 4.78 is 5.12. The lowest BCUT2D eigenvalue weighted by Gasteiger charge is -2.15. The van der Waals surface area contributed by atoms with E-state index in [1.807, 2.05) is 13.8 Å². The molecule has 7 heteroatoms. The summed E-state index contributed by atoms with van der Waals surface area (Å²) in [6.45, 7) is 4.31. The number of nitrogens with zero attached hydrogens (tertiary/aromatic N) is 4. The van der Waals surface area contributed by atoms with Crippen LogP contribution in [0.5, 0.6) is 0 Å². The highest BCUT2D eigenvalue weighted by Gasteiger charge is 2.26. The zero-order valence-electron chi connectivity index (χ0n) is 8.56. The van der Waals surface area contributed by atoms with E-state index in [1.54, 1.807) is 0 Å². The first-order chi connectivity index (χ1) is 7.13. The van der Waals surface area contributed by atoms with Crippen LogP contribution in [0.15, 0.2) is 10.7 Å². The molecule has 7 nitrogen and oxygen atoms in total. The molecule has 0 unspecified atom stereocenters. The van der Waals surface area contributed by atoms with Crippen molar-refractivity contribution in [1.82, 2.24) is 25.6 Å². The van der Waals surface area contributed by atoms with E-state index in [1.165, 1.54) is 6.20 Å². The van der Waals surface area contributed by atoms with Crippen LogP contribution in [0.1, 0.15) is 19.7 Å². The van der Waals surface area contributed by atoms with Crippen LogP contribution in [0.2, 0.25) is 0 Å². The lowest BCUT2D eigenvalue weighted by molar-refractivity contribution is 0.311. The molecule has 0 saturated carbocycles. The molecule has 0 aromatic carbocycles. The van der Waals surface area contributed by atoms with Gasteiger partial charge in [0.25, 0.3) is 0 Å². The molecule has 0 atom stereocenters. The van der Waals surface area contributed by atoms with Crippen molar-refractivity contribution < 1.29 is 4.52 Å². The number of nitrogens with two attached hydrogens (primary N) is 1. The van der Waals surface area contributed by atoms with Crippen molar-refractivity contribution in [2.45, 2.75) is 19.3 Å². The van der Waals surface area contributed by atoms with Crippen LogP contribution >= 0.6 is 0 Å². The summed E-state index contributed by atoms with van der Waals surface area (Å²) in [7, 11) is 0. The maximum absolute atomic E-state index is 5.60. The number of nitrogens with one attached hydrogen (secondary N) is 1. The molecule has 2 aromatic rings. The molecule has 0 aliphatic rings. The summed E-state index contributed by atoms with van der Waals surface area (Å²) in [6, 6.07) is 0. The fourth-order valence-electron chi connectivity index (χ4n) is 0.999. The summed E-state index contributed by atoms with van der Waals surface area (Å²) >= 11 is 0. The van der Waals surface area contributed by atoms with E-state index >= 15 is 0 Å². The van der Waals surface area contributed by atoms with E-state index in [0.717, 1.165) is 0 Å². The Bertz CT molecular complexity index is 432. The molecule has 0 spiro atoms. The number of hydrogen-bond acceptors (Lipinski definition) is 6. The Hall–Kier alpha value is -1.76. The van der Waals surface area contributed by atoms with Crippen LogP contribution in [-0.4, -0.2) is 32.1 Å². The first-order valence-corrected chi connectivity index (χ1v) is 4.54. The van der Waals surface area contributed by atoms with Gasteiger partial charge in [-0.25, -0.2) is 0 Å². The predicted octanol–water partition coefficient (Wildman–Crippen LogP) is 0.0910. The zero-order chi connectivity index (χ0) is 10.9. The summed E-state index contributed by atoms with van der Waals surface area (Å²) in [5.41, 5.74) is 5.83. The summed E-state index contributed by atoms with van der Waals surface area (Å²) in [4.78, 5) is 4.21. The molecule has 2 heterocycles. The minimum atomic E-state index is -0.324. The van der Waals surface area contributed by atoms with E-state index in [9.17, 15) is 0 Å². The van der Waals surface area contributed by atoms with E-state index in [2.05, 4.69) is 25.6 Å².